The van der Waals surface area contributed by atoms with Gasteiger partial charge in [0, 0.05) is 23.6 Å². The summed E-state index contributed by atoms with van der Waals surface area (Å²) in [6.45, 7) is 6.03. The molecule has 5 nitrogen and oxygen atoms in total. The van der Waals surface area contributed by atoms with Gasteiger partial charge < -0.3 is 5.32 Å². The van der Waals surface area contributed by atoms with Gasteiger partial charge in [0.2, 0.25) is 5.95 Å². The molecule has 3 rings (SSSR count). The second kappa shape index (κ2) is 5.36. The Balaban J connectivity index is 1.92. The maximum absolute atomic E-state index is 4.52. The van der Waals surface area contributed by atoms with Crippen LogP contribution in [0.1, 0.15) is 17.0 Å². The highest BCUT2D eigenvalue weighted by Gasteiger charge is 2.06. The molecule has 0 saturated carbocycles. The van der Waals surface area contributed by atoms with Gasteiger partial charge >= 0.3 is 0 Å². The van der Waals surface area contributed by atoms with E-state index in [1.165, 1.54) is 5.56 Å². The Morgan fingerprint density at radius 1 is 1.05 bits per heavy atom. The molecule has 0 aliphatic rings. The van der Waals surface area contributed by atoms with Crippen molar-refractivity contribution in [2.24, 2.45) is 0 Å². The smallest absolute Gasteiger partial charge is 0.229 e. The second-order valence-corrected chi connectivity index (χ2v) is 5.07. The maximum atomic E-state index is 4.52. The molecule has 0 fully saturated rings. The quantitative estimate of drug-likeness (QED) is 0.799. The van der Waals surface area contributed by atoms with E-state index in [9.17, 15) is 0 Å². The van der Waals surface area contributed by atoms with E-state index in [2.05, 4.69) is 39.4 Å². The lowest BCUT2D eigenvalue weighted by molar-refractivity contribution is 0.802. The molecule has 0 spiro atoms. The van der Waals surface area contributed by atoms with E-state index in [1.807, 2.05) is 42.8 Å². The van der Waals surface area contributed by atoms with Gasteiger partial charge in [0.1, 0.15) is 0 Å². The Morgan fingerprint density at radius 2 is 1.90 bits per heavy atom. The Kier molecular flexibility index (Phi) is 3.39. The van der Waals surface area contributed by atoms with Crippen LogP contribution < -0.4 is 5.32 Å². The molecule has 0 saturated heterocycles. The number of aromatic nitrogens is 4. The van der Waals surface area contributed by atoms with E-state index in [1.54, 1.807) is 6.20 Å². The summed E-state index contributed by atoms with van der Waals surface area (Å²) in [6, 6.07) is 12.0. The van der Waals surface area contributed by atoms with Crippen molar-refractivity contribution in [3.63, 3.8) is 0 Å². The third-order valence-corrected chi connectivity index (χ3v) is 3.14. The molecule has 2 aromatic heterocycles. The van der Waals surface area contributed by atoms with E-state index < -0.39 is 0 Å². The highest BCUT2D eigenvalue weighted by molar-refractivity contribution is 5.54. The van der Waals surface area contributed by atoms with Crippen LogP contribution in [-0.4, -0.2) is 19.7 Å². The molecule has 1 N–H and O–H groups in total. The van der Waals surface area contributed by atoms with Crippen LogP contribution in [0, 0.1) is 20.8 Å². The minimum Gasteiger partial charge on any atom is -0.324 e. The van der Waals surface area contributed by atoms with Crippen LogP contribution in [0.4, 0.5) is 11.6 Å². The standard InChI is InChI=1S/C16H17N5/c1-11-5-4-6-14(9-11)18-16-17-8-7-15(19-16)21-13(3)10-12(2)20-21/h4-10H,1-3H3,(H,17,18,19). The highest BCUT2D eigenvalue weighted by Crippen LogP contribution is 2.16. The third kappa shape index (κ3) is 2.91. The van der Waals surface area contributed by atoms with E-state index >= 15 is 0 Å². The van der Waals surface area contributed by atoms with Crippen LogP contribution in [-0.2, 0) is 0 Å². The summed E-state index contributed by atoms with van der Waals surface area (Å²) in [5, 5.41) is 7.66. The molecule has 5 heteroatoms. The van der Waals surface area contributed by atoms with Crippen LogP contribution in [0.25, 0.3) is 5.82 Å². The van der Waals surface area contributed by atoms with Gasteiger partial charge in [-0.3, -0.25) is 0 Å². The average Bonchev–Trinajstić information content (AvgIpc) is 2.78. The summed E-state index contributed by atoms with van der Waals surface area (Å²) < 4.78 is 1.82. The first kappa shape index (κ1) is 13.3. The van der Waals surface area contributed by atoms with Gasteiger partial charge in [-0.25, -0.2) is 9.67 Å². The Morgan fingerprint density at radius 3 is 2.62 bits per heavy atom. The number of hydrogen-bond acceptors (Lipinski definition) is 4. The van der Waals surface area contributed by atoms with Crippen LogP contribution in [0.15, 0.2) is 42.6 Å². The summed E-state index contributed by atoms with van der Waals surface area (Å²) in [7, 11) is 0. The molecule has 0 unspecified atom stereocenters. The van der Waals surface area contributed by atoms with E-state index in [-0.39, 0.29) is 0 Å². The van der Waals surface area contributed by atoms with Gasteiger partial charge in [0.25, 0.3) is 0 Å². The molecule has 0 amide bonds. The predicted octanol–water partition coefficient (Wildman–Crippen LogP) is 3.33. The number of anilines is 2. The van der Waals surface area contributed by atoms with Crippen molar-refractivity contribution in [2.75, 3.05) is 5.32 Å². The van der Waals surface area contributed by atoms with Crippen LogP contribution in [0.5, 0.6) is 0 Å². The lowest BCUT2D eigenvalue weighted by atomic mass is 10.2. The van der Waals surface area contributed by atoms with Crippen LogP contribution in [0.2, 0.25) is 0 Å². The Hall–Kier alpha value is -2.69. The molecule has 2 heterocycles. The molecule has 0 atom stereocenters. The van der Waals surface area contributed by atoms with Crippen LogP contribution >= 0.6 is 0 Å². The largest absolute Gasteiger partial charge is 0.324 e. The first-order valence-electron chi connectivity index (χ1n) is 6.82. The first-order valence-corrected chi connectivity index (χ1v) is 6.82. The van der Waals surface area contributed by atoms with Crippen molar-refractivity contribution in [3.05, 3.63) is 59.5 Å². The summed E-state index contributed by atoms with van der Waals surface area (Å²) >= 11 is 0. The first-order chi connectivity index (χ1) is 10.1. The SMILES string of the molecule is Cc1cccc(Nc2nccc(-n3nc(C)cc3C)n2)c1. The fraction of sp³-hybridized carbons (Fsp3) is 0.188. The summed E-state index contributed by atoms with van der Waals surface area (Å²) in [6.07, 6.45) is 1.73. The van der Waals surface area contributed by atoms with Crippen molar-refractivity contribution in [3.8, 4) is 5.82 Å². The normalized spacial score (nSPS) is 10.6. The van der Waals surface area contributed by atoms with Crippen molar-refractivity contribution in [1.29, 1.82) is 0 Å². The molecular weight excluding hydrogens is 262 g/mol. The van der Waals surface area contributed by atoms with Gasteiger partial charge in [-0.05, 0) is 44.5 Å². The Bertz CT molecular complexity index is 776. The molecule has 0 aliphatic heterocycles. The van der Waals surface area contributed by atoms with Crippen molar-refractivity contribution >= 4 is 11.6 Å². The zero-order chi connectivity index (χ0) is 14.8. The molecule has 3 aromatic rings. The molecule has 21 heavy (non-hydrogen) atoms. The van der Waals surface area contributed by atoms with Gasteiger partial charge in [-0.15, -0.1) is 0 Å². The van der Waals surface area contributed by atoms with Crippen LogP contribution in [0.3, 0.4) is 0 Å². The van der Waals surface area contributed by atoms with Gasteiger partial charge in [-0.2, -0.15) is 10.1 Å². The topological polar surface area (TPSA) is 55.6 Å². The number of nitrogens with zero attached hydrogens (tertiary/aromatic N) is 4. The average molecular weight is 279 g/mol. The summed E-state index contributed by atoms with van der Waals surface area (Å²) in [5.74, 6) is 1.32. The number of nitrogens with one attached hydrogen (secondary N) is 1. The second-order valence-electron chi connectivity index (χ2n) is 5.07. The van der Waals surface area contributed by atoms with Gasteiger partial charge in [0.05, 0.1) is 5.69 Å². The molecule has 0 radical (unpaired) electrons. The van der Waals surface area contributed by atoms with E-state index in [0.29, 0.717) is 5.95 Å². The summed E-state index contributed by atoms with van der Waals surface area (Å²) in [4.78, 5) is 8.78. The molecular formula is C16H17N5. The van der Waals surface area contributed by atoms with E-state index in [0.717, 1.165) is 22.9 Å². The minimum atomic E-state index is 0.561. The minimum absolute atomic E-state index is 0.561. The predicted molar refractivity (Wildman–Crippen MR) is 83.1 cm³/mol. The molecule has 0 aliphatic carbocycles. The maximum Gasteiger partial charge on any atom is 0.229 e. The number of rotatable bonds is 3. The number of benzene rings is 1. The lowest BCUT2D eigenvalue weighted by Crippen LogP contribution is -2.05. The molecule has 1 aromatic carbocycles. The fourth-order valence-corrected chi connectivity index (χ4v) is 2.24. The lowest BCUT2D eigenvalue weighted by Gasteiger charge is -2.08. The monoisotopic (exact) mass is 279 g/mol. The number of hydrogen-bond donors (Lipinski definition) is 1. The van der Waals surface area contributed by atoms with Gasteiger partial charge in [0.15, 0.2) is 5.82 Å². The molecule has 0 bridgehead atoms. The highest BCUT2D eigenvalue weighted by atomic mass is 15.3. The zero-order valence-corrected chi connectivity index (χ0v) is 12.3. The summed E-state index contributed by atoms with van der Waals surface area (Å²) in [5.41, 5.74) is 4.18. The van der Waals surface area contributed by atoms with Crippen molar-refractivity contribution in [2.45, 2.75) is 20.8 Å². The fourth-order valence-electron chi connectivity index (χ4n) is 2.24. The molecule has 106 valence electrons. The van der Waals surface area contributed by atoms with Crippen molar-refractivity contribution < 1.29 is 0 Å². The van der Waals surface area contributed by atoms with Gasteiger partial charge in [-0.1, -0.05) is 12.1 Å². The van der Waals surface area contributed by atoms with E-state index in [4.69, 9.17) is 0 Å². The zero-order valence-electron chi connectivity index (χ0n) is 12.3. The number of aryl methyl sites for hydroxylation is 3. The van der Waals surface area contributed by atoms with Crippen molar-refractivity contribution in [1.82, 2.24) is 19.7 Å². The Labute approximate surface area is 123 Å². The third-order valence-electron chi connectivity index (χ3n) is 3.14.